The predicted octanol–water partition coefficient (Wildman–Crippen LogP) is 6.81. The Morgan fingerprint density at radius 2 is 1.62 bits per heavy atom. The third-order valence-corrected chi connectivity index (χ3v) is 8.46. The molecule has 7 nitrogen and oxygen atoms in total. The Morgan fingerprint density at radius 3 is 2.27 bits per heavy atom. The van der Waals surface area contributed by atoms with Gasteiger partial charge in [0, 0.05) is 44.2 Å². The monoisotopic (exact) mass is 550 g/mol. The van der Waals surface area contributed by atoms with E-state index in [1.54, 1.807) is 12.1 Å². The summed E-state index contributed by atoms with van der Waals surface area (Å²) in [5, 5.41) is 3.72. The van der Waals surface area contributed by atoms with Crippen LogP contribution in [0.3, 0.4) is 0 Å². The molecule has 2 fully saturated rings. The second-order valence-corrected chi connectivity index (χ2v) is 11.7. The van der Waals surface area contributed by atoms with Gasteiger partial charge in [-0.1, -0.05) is 49.1 Å². The number of nitrogens with zero attached hydrogens (tertiary/aromatic N) is 1. The summed E-state index contributed by atoms with van der Waals surface area (Å²) < 4.78 is 16.6. The van der Waals surface area contributed by atoms with Crippen molar-refractivity contribution in [3.05, 3.63) is 59.7 Å². The van der Waals surface area contributed by atoms with Crippen molar-refractivity contribution in [2.45, 2.75) is 90.9 Å². The molecule has 1 saturated carbocycles. The molecule has 1 heterocycles. The zero-order valence-electron chi connectivity index (χ0n) is 24.5. The number of carbonyl (C=O) groups excluding carboxylic acids is 2. The molecule has 0 radical (unpaired) electrons. The van der Waals surface area contributed by atoms with Gasteiger partial charge in [-0.05, 0) is 81.7 Å². The fraction of sp³-hybridized carbons (Fsp3) is 0.576. The van der Waals surface area contributed by atoms with Gasteiger partial charge in [0.25, 0.3) is 6.29 Å². The van der Waals surface area contributed by atoms with Crippen LogP contribution >= 0.6 is 0 Å². The molecule has 2 aliphatic rings. The van der Waals surface area contributed by atoms with Gasteiger partial charge in [-0.3, -0.25) is 9.59 Å². The van der Waals surface area contributed by atoms with Gasteiger partial charge < -0.3 is 24.4 Å². The molecule has 7 heteroatoms. The normalized spacial score (nSPS) is 17.8. The van der Waals surface area contributed by atoms with E-state index >= 15 is 0 Å². The number of rotatable bonds is 12. The molecule has 2 aromatic carbocycles. The van der Waals surface area contributed by atoms with Gasteiger partial charge in [-0.15, -0.1) is 0 Å². The number of piperidine rings is 1. The number of anilines is 1. The SMILES string of the molecule is CC(=O)OC(OC(C)=O)c1cccc(OCCC2(CCN3CCC(Nc4ccc(C)cc4)CC3)CCCCC2)c1. The Bertz CT molecular complexity index is 1070. The van der Waals surface area contributed by atoms with E-state index in [1.165, 1.54) is 76.5 Å². The first kappa shape index (κ1) is 29.9. The van der Waals surface area contributed by atoms with E-state index < -0.39 is 18.2 Å². The summed E-state index contributed by atoms with van der Waals surface area (Å²) in [7, 11) is 0. The third-order valence-electron chi connectivity index (χ3n) is 8.46. The first-order valence-corrected chi connectivity index (χ1v) is 14.9. The van der Waals surface area contributed by atoms with E-state index in [9.17, 15) is 9.59 Å². The van der Waals surface area contributed by atoms with E-state index in [0.29, 0.717) is 29.4 Å². The lowest BCUT2D eigenvalue weighted by Gasteiger charge is -2.40. The Morgan fingerprint density at radius 1 is 0.950 bits per heavy atom. The van der Waals surface area contributed by atoms with Crippen molar-refractivity contribution in [2.24, 2.45) is 5.41 Å². The maximum Gasteiger partial charge on any atom is 0.305 e. The molecule has 1 N–H and O–H groups in total. The fourth-order valence-electron chi connectivity index (χ4n) is 6.11. The van der Waals surface area contributed by atoms with Crippen molar-refractivity contribution in [1.82, 2.24) is 4.90 Å². The molecule has 1 aliphatic carbocycles. The van der Waals surface area contributed by atoms with Gasteiger partial charge in [0.1, 0.15) is 5.75 Å². The molecule has 0 spiro atoms. The molecule has 0 aromatic heterocycles. The number of carbonyl (C=O) groups is 2. The van der Waals surface area contributed by atoms with Gasteiger partial charge in [-0.2, -0.15) is 0 Å². The molecule has 1 saturated heterocycles. The molecule has 0 atom stereocenters. The molecule has 0 unspecified atom stereocenters. The highest BCUT2D eigenvalue weighted by Gasteiger charge is 2.33. The lowest BCUT2D eigenvalue weighted by Crippen LogP contribution is -2.41. The molecule has 2 aromatic rings. The van der Waals surface area contributed by atoms with Crippen molar-refractivity contribution in [3.63, 3.8) is 0 Å². The number of aryl methyl sites for hydroxylation is 1. The topological polar surface area (TPSA) is 77.1 Å². The molecule has 0 amide bonds. The highest BCUT2D eigenvalue weighted by Crippen LogP contribution is 2.42. The number of likely N-dealkylation sites (tertiary alicyclic amines) is 1. The van der Waals surface area contributed by atoms with E-state index in [4.69, 9.17) is 14.2 Å². The van der Waals surface area contributed by atoms with Gasteiger partial charge in [-0.25, -0.2) is 0 Å². The highest BCUT2D eigenvalue weighted by atomic mass is 16.7. The molecular formula is C33H46N2O5. The van der Waals surface area contributed by atoms with Gasteiger partial charge in [0.05, 0.1) is 6.61 Å². The van der Waals surface area contributed by atoms with Gasteiger partial charge >= 0.3 is 11.9 Å². The third kappa shape index (κ3) is 9.26. The zero-order valence-corrected chi connectivity index (χ0v) is 24.5. The minimum Gasteiger partial charge on any atom is -0.494 e. The summed E-state index contributed by atoms with van der Waals surface area (Å²) in [4.78, 5) is 25.7. The summed E-state index contributed by atoms with van der Waals surface area (Å²) in [6, 6.07) is 16.5. The summed E-state index contributed by atoms with van der Waals surface area (Å²) in [6.07, 6.45) is 9.99. The van der Waals surface area contributed by atoms with Crippen molar-refractivity contribution in [1.29, 1.82) is 0 Å². The Labute approximate surface area is 239 Å². The number of hydrogen-bond acceptors (Lipinski definition) is 7. The van der Waals surface area contributed by atoms with Crippen molar-refractivity contribution >= 4 is 17.6 Å². The second-order valence-electron chi connectivity index (χ2n) is 11.7. The van der Waals surface area contributed by atoms with Crippen molar-refractivity contribution in [2.75, 3.05) is 31.6 Å². The van der Waals surface area contributed by atoms with Crippen molar-refractivity contribution < 1.29 is 23.8 Å². The number of ether oxygens (including phenoxy) is 3. The van der Waals surface area contributed by atoms with E-state index in [0.717, 1.165) is 26.1 Å². The van der Waals surface area contributed by atoms with Crippen molar-refractivity contribution in [3.8, 4) is 5.75 Å². The maximum atomic E-state index is 11.5. The number of esters is 2. The highest BCUT2D eigenvalue weighted by molar-refractivity contribution is 5.68. The first-order chi connectivity index (χ1) is 19.3. The van der Waals surface area contributed by atoms with Gasteiger partial charge in [0.15, 0.2) is 0 Å². The number of nitrogens with one attached hydrogen (secondary N) is 1. The molecule has 4 rings (SSSR count). The smallest absolute Gasteiger partial charge is 0.305 e. The molecular weight excluding hydrogens is 504 g/mol. The average Bonchev–Trinajstić information content (AvgIpc) is 2.94. The second kappa shape index (κ2) is 14.5. The fourth-order valence-corrected chi connectivity index (χ4v) is 6.11. The lowest BCUT2D eigenvalue weighted by molar-refractivity contribution is -0.186. The predicted molar refractivity (Wildman–Crippen MR) is 157 cm³/mol. The maximum absolute atomic E-state index is 11.5. The quantitative estimate of drug-likeness (QED) is 0.230. The Kier molecular flexibility index (Phi) is 10.9. The molecule has 0 bridgehead atoms. The summed E-state index contributed by atoms with van der Waals surface area (Å²) in [6.45, 7) is 8.80. The van der Waals surface area contributed by atoms with E-state index in [-0.39, 0.29) is 0 Å². The lowest BCUT2D eigenvalue weighted by atomic mass is 9.69. The number of hydrogen-bond donors (Lipinski definition) is 1. The standard InChI is InChI=1S/C33H46N2O5/c1-25-10-12-29(13-11-25)34-30-14-20-35(21-15-30)22-18-33(16-5-4-6-17-33)19-23-38-31-9-7-8-28(24-31)32(39-26(2)36)40-27(3)37/h7-13,24,30,32,34H,4-6,14-23H2,1-3H3. The van der Waals surface area contributed by atoms with Crippen LogP contribution in [0.15, 0.2) is 48.5 Å². The Hall–Kier alpha value is -3.06. The average molecular weight is 551 g/mol. The Balaban J connectivity index is 1.26. The zero-order chi connectivity index (χ0) is 28.4. The van der Waals surface area contributed by atoms with Crippen LogP contribution in [0, 0.1) is 12.3 Å². The minimum atomic E-state index is -1.07. The largest absolute Gasteiger partial charge is 0.494 e. The van der Waals surface area contributed by atoms with Crippen LogP contribution in [0.5, 0.6) is 5.75 Å². The van der Waals surface area contributed by atoms with Crippen LogP contribution in [-0.2, 0) is 19.1 Å². The first-order valence-electron chi connectivity index (χ1n) is 14.9. The van der Waals surface area contributed by atoms with Crippen LogP contribution in [0.25, 0.3) is 0 Å². The van der Waals surface area contributed by atoms with Crippen LogP contribution < -0.4 is 10.1 Å². The van der Waals surface area contributed by atoms with Crippen LogP contribution in [0.2, 0.25) is 0 Å². The van der Waals surface area contributed by atoms with E-state index in [1.807, 2.05) is 12.1 Å². The molecule has 40 heavy (non-hydrogen) atoms. The molecule has 218 valence electrons. The van der Waals surface area contributed by atoms with Crippen LogP contribution in [0.4, 0.5) is 5.69 Å². The van der Waals surface area contributed by atoms with Gasteiger partial charge in [0.2, 0.25) is 0 Å². The van der Waals surface area contributed by atoms with Crippen LogP contribution in [-0.4, -0.2) is 49.1 Å². The van der Waals surface area contributed by atoms with Crippen LogP contribution in [0.1, 0.15) is 89.1 Å². The number of benzene rings is 2. The summed E-state index contributed by atoms with van der Waals surface area (Å²) >= 11 is 0. The minimum absolute atomic E-state index is 0.324. The molecule has 1 aliphatic heterocycles. The van der Waals surface area contributed by atoms with E-state index in [2.05, 4.69) is 41.4 Å². The summed E-state index contributed by atoms with van der Waals surface area (Å²) in [5.41, 5.74) is 3.42. The summed E-state index contributed by atoms with van der Waals surface area (Å²) in [5.74, 6) is -0.331.